The number of amides is 1. The molecule has 0 aliphatic heterocycles. The molecule has 0 saturated carbocycles. The number of hydrogen-bond acceptors (Lipinski definition) is 5. The number of benzene rings is 1. The van der Waals surface area contributed by atoms with Crippen molar-refractivity contribution < 1.29 is 19.4 Å². The molecule has 0 fully saturated rings. The number of carboxylic acids is 1. The standard InChI is InChI=1S/C13H13N3O4/c1-8(17)16-11-5-10(3-4-12(11)20-2)15-7-9(6-14)13(18)19/h3-5,7,15H,1-2H3,(H,16,17)(H,18,19)/b9-7-. The van der Waals surface area contributed by atoms with Crippen LogP contribution in [0.1, 0.15) is 6.92 Å². The van der Waals surface area contributed by atoms with Gasteiger partial charge >= 0.3 is 5.97 Å². The average molecular weight is 275 g/mol. The fourth-order valence-electron chi connectivity index (χ4n) is 1.38. The van der Waals surface area contributed by atoms with E-state index in [9.17, 15) is 9.59 Å². The van der Waals surface area contributed by atoms with Crippen molar-refractivity contribution in [2.45, 2.75) is 6.92 Å². The van der Waals surface area contributed by atoms with Gasteiger partial charge in [-0.15, -0.1) is 0 Å². The molecule has 7 heteroatoms. The smallest absolute Gasteiger partial charge is 0.347 e. The Morgan fingerprint density at radius 3 is 2.65 bits per heavy atom. The van der Waals surface area contributed by atoms with E-state index in [4.69, 9.17) is 15.1 Å². The summed E-state index contributed by atoms with van der Waals surface area (Å²) in [5.74, 6) is -1.12. The van der Waals surface area contributed by atoms with Gasteiger partial charge in [0.05, 0.1) is 12.8 Å². The van der Waals surface area contributed by atoms with Crippen LogP contribution in [0.2, 0.25) is 0 Å². The number of hydrogen-bond donors (Lipinski definition) is 3. The third-order valence-electron chi connectivity index (χ3n) is 2.24. The molecule has 0 bridgehead atoms. The monoisotopic (exact) mass is 275 g/mol. The van der Waals surface area contributed by atoms with Crippen molar-refractivity contribution >= 4 is 23.3 Å². The molecule has 1 rings (SSSR count). The van der Waals surface area contributed by atoms with Crippen LogP contribution in [0.5, 0.6) is 5.75 Å². The van der Waals surface area contributed by atoms with E-state index in [1.165, 1.54) is 14.0 Å². The Morgan fingerprint density at radius 1 is 1.45 bits per heavy atom. The van der Waals surface area contributed by atoms with Crippen LogP contribution in [0.4, 0.5) is 11.4 Å². The second-order valence-corrected chi connectivity index (χ2v) is 3.72. The minimum absolute atomic E-state index is 0.265. The van der Waals surface area contributed by atoms with Crippen LogP contribution in [0.25, 0.3) is 0 Å². The SMILES string of the molecule is COc1ccc(N/C=C(/C#N)C(=O)O)cc1NC(C)=O. The molecule has 0 spiro atoms. The van der Waals surface area contributed by atoms with Crippen molar-refractivity contribution in [3.8, 4) is 11.8 Å². The summed E-state index contributed by atoms with van der Waals surface area (Å²) in [6.45, 7) is 1.36. The molecule has 0 heterocycles. The highest BCUT2D eigenvalue weighted by atomic mass is 16.5. The van der Waals surface area contributed by atoms with Gasteiger partial charge in [0.2, 0.25) is 5.91 Å². The molecule has 0 radical (unpaired) electrons. The number of nitriles is 1. The lowest BCUT2D eigenvalue weighted by Crippen LogP contribution is -2.07. The van der Waals surface area contributed by atoms with Crippen molar-refractivity contribution in [1.82, 2.24) is 0 Å². The number of nitrogens with one attached hydrogen (secondary N) is 2. The lowest BCUT2D eigenvalue weighted by atomic mass is 10.2. The van der Waals surface area contributed by atoms with Gasteiger partial charge in [-0.1, -0.05) is 0 Å². The van der Waals surface area contributed by atoms with E-state index in [2.05, 4.69) is 10.6 Å². The van der Waals surface area contributed by atoms with E-state index in [1.54, 1.807) is 24.3 Å². The molecular weight excluding hydrogens is 262 g/mol. The number of anilines is 2. The lowest BCUT2D eigenvalue weighted by Gasteiger charge is -2.11. The highest BCUT2D eigenvalue weighted by Crippen LogP contribution is 2.27. The summed E-state index contributed by atoms with van der Waals surface area (Å²) >= 11 is 0. The maximum atomic E-state index is 11.1. The molecule has 1 aromatic rings. The fourth-order valence-corrected chi connectivity index (χ4v) is 1.38. The largest absolute Gasteiger partial charge is 0.495 e. The van der Waals surface area contributed by atoms with Gasteiger partial charge in [-0.05, 0) is 18.2 Å². The van der Waals surface area contributed by atoms with E-state index in [0.29, 0.717) is 17.1 Å². The summed E-state index contributed by atoms with van der Waals surface area (Å²) in [5, 5.41) is 22.6. The number of carboxylic acid groups (broad SMARTS) is 1. The number of aliphatic carboxylic acids is 1. The van der Waals surface area contributed by atoms with Crippen molar-refractivity contribution in [2.75, 3.05) is 17.7 Å². The normalized spacial score (nSPS) is 10.3. The highest BCUT2D eigenvalue weighted by Gasteiger charge is 2.07. The van der Waals surface area contributed by atoms with E-state index in [0.717, 1.165) is 6.20 Å². The second-order valence-electron chi connectivity index (χ2n) is 3.72. The van der Waals surface area contributed by atoms with Gasteiger partial charge in [0.1, 0.15) is 11.8 Å². The van der Waals surface area contributed by atoms with Crippen LogP contribution in [-0.4, -0.2) is 24.1 Å². The maximum absolute atomic E-state index is 11.1. The molecule has 0 saturated heterocycles. The van der Waals surface area contributed by atoms with Gasteiger partial charge < -0.3 is 20.5 Å². The molecule has 0 aliphatic carbocycles. The molecule has 7 nitrogen and oxygen atoms in total. The predicted octanol–water partition coefficient (Wildman–Crippen LogP) is 1.56. The van der Waals surface area contributed by atoms with Gasteiger partial charge in [0.15, 0.2) is 5.57 Å². The summed E-state index contributed by atoms with van der Waals surface area (Å²) in [5.41, 5.74) is 0.512. The number of rotatable bonds is 5. The zero-order valence-electron chi connectivity index (χ0n) is 10.9. The molecule has 20 heavy (non-hydrogen) atoms. The molecule has 0 aliphatic rings. The Morgan fingerprint density at radius 2 is 2.15 bits per heavy atom. The Bertz CT molecular complexity index is 602. The number of nitrogens with zero attached hydrogens (tertiary/aromatic N) is 1. The first-order valence-corrected chi connectivity index (χ1v) is 5.53. The van der Waals surface area contributed by atoms with Crippen molar-refractivity contribution in [2.24, 2.45) is 0 Å². The van der Waals surface area contributed by atoms with Gasteiger partial charge in [0, 0.05) is 18.8 Å². The zero-order valence-corrected chi connectivity index (χ0v) is 10.9. The number of ether oxygens (including phenoxy) is 1. The van der Waals surface area contributed by atoms with Crippen LogP contribution in [0.15, 0.2) is 30.0 Å². The van der Waals surface area contributed by atoms with Crippen LogP contribution in [0.3, 0.4) is 0 Å². The molecule has 0 atom stereocenters. The molecule has 104 valence electrons. The van der Waals surface area contributed by atoms with E-state index >= 15 is 0 Å². The third-order valence-corrected chi connectivity index (χ3v) is 2.24. The Balaban J connectivity index is 3.01. The topological polar surface area (TPSA) is 111 Å². The summed E-state index contributed by atoms with van der Waals surface area (Å²) < 4.78 is 5.08. The molecule has 0 aromatic heterocycles. The molecule has 3 N–H and O–H groups in total. The summed E-state index contributed by atoms with van der Waals surface area (Å²) in [6.07, 6.45) is 1.07. The van der Waals surface area contributed by atoms with E-state index in [1.807, 2.05) is 0 Å². The van der Waals surface area contributed by atoms with Crippen LogP contribution in [-0.2, 0) is 9.59 Å². The summed E-state index contributed by atoms with van der Waals surface area (Å²) in [6, 6.07) is 6.34. The van der Waals surface area contributed by atoms with Crippen molar-refractivity contribution in [3.05, 3.63) is 30.0 Å². The average Bonchev–Trinajstić information content (AvgIpc) is 2.38. The predicted molar refractivity (Wildman–Crippen MR) is 72.3 cm³/mol. The number of methoxy groups -OCH3 is 1. The lowest BCUT2D eigenvalue weighted by molar-refractivity contribution is -0.132. The van der Waals surface area contributed by atoms with Crippen LogP contribution in [0, 0.1) is 11.3 Å². The Labute approximate surface area is 115 Å². The summed E-state index contributed by atoms with van der Waals surface area (Å²) in [4.78, 5) is 21.7. The first-order chi connectivity index (χ1) is 9.47. The van der Waals surface area contributed by atoms with Gasteiger partial charge in [0.25, 0.3) is 0 Å². The Hall–Kier alpha value is -3.01. The second kappa shape index (κ2) is 6.80. The van der Waals surface area contributed by atoms with Crippen molar-refractivity contribution in [3.63, 3.8) is 0 Å². The molecular formula is C13H13N3O4. The van der Waals surface area contributed by atoms with Gasteiger partial charge in [-0.2, -0.15) is 5.26 Å². The van der Waals surface area contributed by atoms with Crippen LogP contribution < -0.4 is 15.4 Å². The minimum atomic E-state index is -1.32. The number of carbonyl (C=O) groups is 2. The van der Waals surface area contributed by atoms with Gasteiger partial charge in [-0.3, -0.25) is 4.79 Å². The summed E-state index contributed by atoms with van der Waals surface area (Å²) in [7, 11) is 1.46. The third kappa shape index (κ3) is 4.03. The van der Waals surface area contributed by atoms with Gasteiger partial charge in [-0.25, -0.2) is 4.79 Å². The quantitative estimate of drug-likeness (QED) is 0.555. The number of carbonyl (C=O) groups excluding carboxylic acids is 1. The fraction of sp³-hybridized carbons (Fsp3) is 0.154. The molecule has 1 amide bonds. The highest BCUT2D eigenvalue weighted by molar-refractivity contribution is 5.92. The first-order valence-electron chi connectivity index (χ1n) is 5.53. The van der Waals surface area contributed by atoms with Crippen molar-refractivity contribution in [1.29, 1.82) is 5.26 Å². The molecule has 1 aromatic carbocycles. The first kappa shape index (κ1) is 15.0. The van der Waals surface area contributed by atoms with E-state index < -0.39 is 11.5 Å². The maximum Gasteiger partial charge on any atom is 0.347 e. The molecule has 0 unspecified atom stereocenters. The Kier molecular flexibility index (Phi) is 5.12. The minimum Gasteiger partial charge on any atom is -0.495 e. The zero-order chi connectivity index (χ0) is 15.1. The van der Waals surface area contributed by atoms with E-state index in [-0.39, 0.29) is 5.91 Å². The van der Waals surface area contributed by atoms with Crippen LogP contribution >= 0.6 is 0 Å².